The predicted octanol–water partition coefficient (Wildman–Crippen LogP) is 3.15. The summed E-state index contributed by atoms with van der Waals surface area (Å²) in [6.07, 6.45) is 2.38. The van der Waals surface area contributed by atoms with Gasteiger partial charge in [-0.05, 0) is 42.5 Å². The number of hydrogen-bond donors (Lipinski definition) is 0. The molecule has 0 aromatic heterocycles. The number of carbonyl (C=O) groups is 1. The molecule has 0 N–H and O–H groups in total. The average Bonchev–Trinajstić information content (AvgIpc) is 2.99. The van der Waals surface area contributed by atoms with Crippen molar-refractivity contribution in [2.24, 2.45) is 5.92 Å². The van der Waals surface area contributed by atoms with E-state index in [1.807, 2.05) is 23.1 Å². The Kier molecular flexibility index (Phi) is 4.24. The highest BCUT2D eigenvalue weighted by Crippen LogP contribution is 2.34. The Morgan fingerprint density at radius 3 is 2.70 bits per heavy atom. The summed E-state index contributed by atoms with van der Waals surface area (Å²) in [4.78, 5) is 17.8. The lowest BCUT2D eigenvalue weighted by molar-refractivity contribution is 0.0735. The highest BCUT2D eigenvalue weighted by Gasteiger charge is 2.36. The van der Waals surface area contributed by atoms with E-state index < -0.39 is 0 Å². The maximum absolute atomic E-state index is 13.1. The first-order valence-corrected chi connectivity index (χ1v) is 9.73. The molecule has 3 saturated heterocycles. The second-order valence-corrected chi connectivity index (χ2v) is 7.79. The maximum atomic E-state index is 13.1. The number of benzene rings is 2. The molecule has 0 saturated carbocycles. The second-order valence-electron chi connectivity index (χ2n) is 7.79. The highest BCUT2D eigenvalue weighted by molar-refractivity contribution is 5.95. The monoisotopic (exact) mass is 364 g/mol. The summed E-state index contributed by atoms with van der Waals surface area (Å²) in [5.41, 5.74) is 2.04. The van der Waals surface area contributed by atoms with Crippen molar-refractivity contribution in [2.75, 3.05) is 26.4 Å². The van der Waals surface area contributed by atoms with Gasteiger partial charge in [-0.3, -0.25) is 9.69 Å². The van der Waals surface area contributed by atoms with Crippen molar-refractivity contribution >= 4 is 5.91 Å². The zero-order valence-electron chi connectivity index (χ0n) is 15.3. The Morgan fingerprint density at radius 2 is 1.81 bits per heavy atom. The molecule has 4 heterocycles. The zero-order valence-corrected chi connectivity index (χ0v) is 15.3. The van der Waals surface area contributed by atoms with Crippen LogP contribution in [0.4, 0.5) is 0 Å². The van der Waals surface area contributed by atoms with Crippen LogP contribution in [0.2, 0.25) is 0 Å². The van der Waals surface area contributed by atoms with E-state index in [4.69, 9.17) is 9.47 Å². The molecule has 2 atom stereocenters. The SMILES string of the molecule is O=C(c1ccc2c(c1)OCO2)N1C[C@H]2CC[C@@H](C1)N(Cc1ccccc1)C2. The van der Waals surface area contributed by atoms with Crippen LogP contribution in [-0.4, -0.2) is 48.2 Å². The van der Waals surface area contributed by atoms with E-state index in [0.717, 1.165) is 31.9 Å². The minimum absolute atomic E-state index is 0.103. The van der Waals surface area contributed by atoms with Gasteiger partial charge in [0.2, 0.25) is 6.79 Å². The molecule has 2 aromatic carbocycles. The van der Waals surface area contributed by atoms with Gasteiger partial charge in [0, 0.05) is 37.8 Å². The van der Waals surface area contributed by atoms with Gasteiger partial charge in [0.25, 0.3) is 5.91 Å². The Bertz CT molecular complexity index is 839. The van der Waals surface area contributed by atoms with Crippen molar-refractivity contribution < 1.29 is 14.3 Å². The Balaban J connectivity index is 1.33. The molecule has 0 unspecified atom stereocenters. The van der Waals surface area contributed by atoms with Crippen LogP contribution in [0, 0.1) is 5.92 Å². The third-order valence-electron chi connectivity index (χ3n) is 5.96. The van der Waals surface area contributed by atoms with Crippen molar-refractivity contribution in [1.82, 2.24) is 9.80 Å². The number of amides is 1. The molecule has 5 heteroatoms. The maximum Gasteiger partial charge on any atom is 0.254 e. The number of rotatable bonds is 3. The molecule has 5 nitrogen and oxygen atoms in total. The van der Waals surface area contributed by atoms with E-state index >= 15 is 0 Å². The van der Waals surface area contributed by atoms with E-state index in [1.165, 1.54) is 18.4 Å². The fourth-order valence-corrected chi connectivity index (χ4v) is 4.57. The van der Waals surface area contributed by atoms with Crippen LogP contribution in [0.25, 0.3) is 0 Å². The fraction of sp³-hybridized carbons (Fsp3) is 0.409. The van der Waals surface area contributed by atoms with Crippen LogP contribution in [-0.2, 0) is 6.54 Å². The zero-order chi connectivity index (χ0) is 18.2. The van der Waals surface area contributed by atoms with Gasteiger partial charge in [-0.25, -0.2) is 0 Å². The molecule has 27 heavy (non-hydrogen) atoms. The third-order valence-corrected chi connectivity index (χ3v) is 5.96. The first-order chi connectivity index (χ1) is 13.3. The molecule has 2 aromatic rings. The molecular formula is C22H24N2O3. The van der Waals surface area contributed by atoms with Gasteiger partial charge in [-0.2, -0.15) is 0 Å². The van der Waals surface area contributed by atoms with Crippen LogP contribution in [0.5, 0.6) is 11.5 Å². The van der Waals surface area contributed by atoms with Gasteiger partial charge in [-0.15, -0.1) is 0 Å². The van der Waals surface area contributed by atoms with Crippen molar-refractivity contribution in [2.45, 2.75) is 25.4 Å². The van der Waals surface area contributed by atoms with E-state index in [9.17, 15) is 4.79 Å². The predicted molar refractivity (Wildman–Crippen MR) is 102 cm³/mol. The summed E-state index contributed by atoms with van der Waals surface area (Å²) in [6.45, 7) is 3.92. The second kappa shape index (κ2) is 6.89. The first kappa shape index (κ1) is 16.6. The molecule has 140 valence electrons. The Morgan fingerprint density at radius 1 is 0.963 bits per heavy atom. The molecule has 0 radical (unpaired) electrons. The normalized spacial score (nSPS) is 24.1. The third kappa shape index (κ3) is 3.28. The summed E-state index contributed by atoms with van der Waals surface area (Å²) in [5, 5.41) is 0. The van der Waals surface area contributed by atoms with Crippen LogP contribution in [0.15, 0.2) is 48.5 Å². The lowest BCUT2D eigenvalue weighted by Crippen LogP contribution is -2.43. The summed E-state index contributed by atoms with van der Waals surface area (Å²) >= 11 is 0. The number of ether oxygens (including phenoxy) is 2. The number of hydrogen-bond acceptors (Lipinski definition) is 4. The van der Waals surface area contributed by atoms with E-state index in [0.29, 0.717) is 23.3 Å². The summed E-state index contributed by atoms with van der Waals surface area (Å²) < 4.78 is 10.8. The first-order valence-electron chi connectivity index (χ1n) is 9.73. The molecule has 4 aliphatic heterocycles. The molecule has 4 aliphatic rings. The number of fused-ring (bicyclic) bond motifs is 5. The van der Waals surface area contributed by atoms with Crippen molar-refractivity contribution in [3.05, 3.63) is 59.7 Å². The van der Waals surface area contributed by atoms with Crippen molar-refractivity contribution in [1.29, 1.82) is 0 Å². The minimum Gasteiger partial charge on any atom is -0.454 e. The van der Waals surface area contributed by atoms with Crippen LogP contribution in [0.3, 0.4) is 0 Å². The molecule has 1 amide bonds. The molecule has 0 aliphatic carbocycles. The Hall–Kier alpha value is -2.53. The van der Waals surface area contributed by atoms with Crippen molar-refractivity contribution in [3.63, 3.8) is 0 Å². The quantitative estimate of drug-likeness (QED) is 0.839. The van der Waals surface area contributed by atoms with E-state index in [-0.39, 0.29) is 12.7 Å². The lowest BCUT2D eigenvalue weighted by atomic mass is 9.94. The number of carbonyl (C=O) groups excluding carboxylic acids is 1. The molecule has 0 spiro atoms. The van der Waals surface area contributed by atoms with Crippen LogP contribution >= 0.6 is 0 Å². The number of nitrogens with zero attached hydrogens (tertiary/aromatic N) is 2. The largest absolute Gasteiger partial charge is 0.454 e. The summed E-state index contributed by atoms with van der Waals surface area (Å²) in [7, 11) is 0. The van der Waals surface area contributed by atoms with Gasteiger partial charge >= 0.3 is 0 Å². The van der Waals surface area contributed by atoms with Gasteiger partial charge in [0.1, 0.15) is 0 Å². The molecule has 6 rings (SSSR count). The van der Waals surface area contributed by atoms with Gasteiger partial charge in [-0.1, -0.05) is 30.3 Å². The van der Waals surface area contributed by atoms with Crippen molar-refractivity contribution in [3.8, 4) is 11.5 Å². The topological polar surface area (TPSA) is 42.0 Å². The molecule has 2 bridgehead atoms. The minimum atomic E-state index is 0.103. The summed E-state index contributed by atoms with van der Waals surface area (Å²) in [5.74, 6) is 2.04. The van der Waals surface area contributed by atoms with Gasteiger partial charge in [0.15, 0.2) is 11.5 Å². The highest BCUT2D eigenvalue weighted by atomic mass is 16.7. The Labute approximate surface area is 159 Å². The molecular weight excluding hydrogens is 340 g/mol. The lowest BCUT2D eigenvalue weighted by Gasteiger charge is -2.36. The van der Waals surface area contributed by atoms with Gasteiger partial charge in [0.05, 0.1) is 0 Å². The standard InChI is InChI=1S/C22H24N2O3/c25-22(18-7-9-20-21(10-18)27-15-26-20)24-13-17-6-8-19(14-24)23(12-17)11-16-4-2-1-3-5-16/h1-5,7,9-10,17,19H,6,8,11-15H2/t17-,19-/m0/s1. The molecule has 3 fully saturated rings. The van der Waals surface area contributed by atoms with E-state index in [2.05, 4.69) is 35.2 Å². The fourth-order valence-electron chi connectivity index (χ4n) is 4.57. The smallest absolute Gasteiger partial charge is 0.254 e. The van der Waals surface area contributed by atoms with Gasteiger partial charge < -0.3 is 14.4 Å². The van der Waals surface area contributed by atoms with Crippen LogP contribution in [0.1, 0.15) is 28.8 Å². The average molecular weight is 364 g/mol. The van der Waals surface area contributed by atoms with E-state index in [1.54, 1.807) is 0 Å². The van der Waals surface area contributed by atoms with Crippen LogP contribution < -0.4 is 9.47 Å². The summed E-state index contributed by atoms with van der Waals surface area (Å²) in [6, 6.07) is 16.6. The number of piperidine rings is 1.